The zero-order valence-electron chi connectivity index (χ0n) is 13.7. The number of carbonyl (C=O) groups is 1. The van der Waals surface area contributed by atoms with Gasteiger partial charge >= 0.3 is 5.97 Å². The minimum Gasteiger partial charge on any atom is -0.465 e. The molecular formula is C18H22N2O2. The van der Waals surface area contributed by atoms with Crippen LogP contribution in [0.3, 0.4) is 0 Å². The molecule has 0 amide bonds. The molecule has 4 nitrogen and oxygen atoms in total. The number of nitrogens with zero attached hydrogens (tertiary/aromatic N) is 1. The molecule has 2 rings (SSSR count). The number of carbonyl (C=O) groups excluding carboxylic acids is 1. The van der Waals surface area contributed by atoms with Gasteiger partial charge in [0, 0.05) is 30.7 Å². The molecule has 0 unspecified atom stereocenters. The first-order valence-corrected chi connectivity index (χ1v) is 7.22. The van der Waals surface area contributed by atoms with Gasteiger partial charge in [-0.25, -0.2) is 4.79 Å². The molecule has 1 N–H and O–H groups in total. The second-order valence-corrected chi connectivity index (χ2v) is 6.25. The predicted octanol–water partition coefficient (Wildman–Crippen LogP) is 3.87. The van der Waals surface area contributed by atoms with Crippen LogP contribution in [0.1, 0.15) is 36.7 Å². The van der Waals surface area contributed by atoms with Gasteiger partial charge in [-0.2, -0.15) is 0 Å². The summed E-state index contributed by atoms with van der Waals surface area (Å²) in [6, 6.07) is 7.71. The molecule has 1 aromatic carbocycles. The maximum absolute atomic E-state index is 11.8. The summed E-state index contributed by atoms with van der Waals surface area (Å²) < 4.78 is 4.82. The van der Waals surface area contributed by atoms with Crippen molar-refractivity contribution in [3.8, 4) is 11.1 Å². The Kier molecular flexibility index (Phi) is 4.50. The number of methoxy groups -OCH3 is 1. The van der Waals surface area contributed by atoms with Gasteiger partial charge in [0.25, 0.3) is 0 Å². The van der Waals surface area contributed by atoms with Crippen molar-refractivity contribution < 1.29 is 9.53 Å². The maximum atomic E-state index is 11.8. The van der Waals surface area contributed by atoms with Crippen molar-refractivity contribution in [3.63, 3.8) is 0 Å². The normalized spacial score (nSPS) is 11.1. The van der Waals surface area contributed by atoms with Crippen LogP contribution in [0.25, 0.3) is 11.1 Å². The lowest BCUT2D eigenvalue weighted by Crippen LogP contribution is -2.11. The zero-order valence-corrected chi connectivity index (χ0v) is 13.7. The molecule has 0 aliphatic heterocycles. The summed E-state index contributed by atoms with van der Waals surface area (Å²) in [5, 5.41) is 3.07. The van der Waals surface area contributed by atoms with E-state index >= 15 is 0 Å². The highest BCUT2D eigenvalue weighted by Crippen LogP contribution is 2.29. The Morgan fingerprint density at radius 2 is 1.82 bits per heavy atom. The number of pyridine rings is 1. The summed E-state index contributed by atoms with van der Waals surface area (Å²) in [6.07, 6.45) is 3.69. The molecule has 116 valence electrons. The highest BCUT2D eigenvalue weighted by Gasteiger charge is 2.16. The van der Waals surface area contributed by atoms with Gasteiger partial charge in [-0.1, -0.05) is 20.8 Å². The topological polar surface area (TPSA) is 51.2 Å². The van der Waals surface area contributed by atoms with Crippen molar-refractivity contribution in [2.45, 2.75) is 26.2 Å². The minimum atomic E-state index is -0.349. The molecule has 0 radical (unpaired) electrons. The summed E-state index contributed by atoms with van der Waals surface area (Å²) in [6.45, 7) is 6.45. The van der Waals surface area contributed by atoms with Crippen LogP contribution >= 0.6 is 0 Å². The summed E-state index contributed by atoms with van der Waals surface area (Å²) >= 11 is 0. The number of hydrogen-bond acceptors (Lipinski definition) is 4. The zero-order chi connectivity index (χ0) is 16.3. The van der Waals surface area contributed by atoms with Crippen LogP contribution in [0.15, 0.2) is 36.7 Å². The lowest BCUT2D eigenvalue weighted by Gasteiger charge is -2.19. The fourth-order valence-corrected chi connectivity index (χ4v) is 2.18. The third-order valence-corrected chi connectivity index (χ3v) is 3.58. The fraction of sp³-hybridized carbons (Fsp3) is 0.333. The Hall–Kier alpha value is -2.36. The van der Waals surface area contributed by atoms with Gasteiger partial charge in [-0.05, 0) is 40.8 Å². The number of nitrogens with one attached hydrogen (secondary N) is 1. The van der Waals surface area contributed by atoms with Gasteiger partial charge in [0.15, 0.2) is 0 Å². The lowest BCUT2D eigenvalue weighted by atomic mass is 9.87. The van der Waals surface area contributed by atoms with E-state index in [4.69, 9.17) is 4.74 Å². The van der Waals surface area contributed by atoms with Crippen molar-refractivity contribution in [3.05, 3.63) is 47.8 Å². The summed E-state index contributed by atoms with van der Waals surface area (Å²) in [5.74, 6) is -0.349. The number of rotatable bonds is 3. The molecule has 0 saturated heterocycles. The molecule has 0 aliphatic rings. The van der Waals surface area contributed by atoms with E-state index < -0.39 is 0 Å². The lowest BCUT2D eigenvalue weighted by molar-refractivity contribution is 0.0601. The molecule has 1 heterocycles. The predicted molar refractivity (Wildman–Crippen MR) is 89.3 cm³/mol. The second-order valence-electron chi connectivity index (χ2n) is 6.25. The van der Waals surface area contributed by atoms with Gasteiger partial charge in [-0.3, -0.25) is 4.98 Å². The van der Waals surface area contributed by atoms with E-state index in [1.54, 1.807) is 6.07 Å². The molecule has 22 heavy (non-hydrogen) atoms. The second kappa shape index (κ2) is 6.18. The highest BCUT2D eigenvalue weighted by molar-refractivity contribution is 5.92. The van der Waals surface area contributed by atoms with Crippen LogP contribution in [0.4, 0.5) is 5.69 Å². The molecule has 0 atom stereocenters. The molecule has 0 saturated carbocycles. The Labute approximate surface area is 131 Å². The van der Waals surface area contributed by atoms with Crippen LogP contribution < -0.4 is 5.32 Å². The van der Waals surface area contributed by atoms with E-state index in [1.165, 1.54) is 7.11 Å². The molecule has 0 spiro atoms. The Morgan fingerprint density at radius 1 is 1.09 bits per heavy atom. The van der Waals surface area contributed by atoms with Crippen LogP contribution in [0, 0.1) is 0 Å². The third-order valence-electron chi connectivity index (χ3n) is 3.58. The SMILES string of the molecule is CNc1cc(C(=O)OC)cc(-c2cncc(C(C)(C)C)c2)c1. The number of esters is 1. The van der Waals surface area contributed by atoms with Crippen molar-refractivity contribution >= 4 is 11.7 Å². The monoisotopic (exact) mass is 298 g/mol. The number of anilines is 1. The van der Waals surface area contributed by atoms with Crippen molar-refractivity contribution in [1.82, 2.24) is 4.98 Å². The van der Waals surface area contributed by atoms with Crippen molar-refractivity contribution in [2.75, 3.05) is 19.5 Å². The van der Waals surface area contributed by atoms with E-state index in [9.17, 15) is 4.79 Å². The van der Waals surface area contributed by atoms with E-state index in [2.05, 4.69) is 37.1 Å². The average Bonchev–Trinajstić information content (AvgIpc) is 2.52. The average molecular weight is 298 g/mol. The van der Waals surface area contributed by atoms with E-state index in [-0.39, 0.29) is 11.4 Å². The standard InChI is InChI=1S/C18H22N2O2/c1-18(2,3)15-7-14(10-20-11-15)12-6-13(17(21)22-5)9-16(8-12)19-4/h6-11,19H,1-5H3. The minimum absolute atomic E-state index is 0.0226. The number of ether oxygens (including phenoxy) is 1. The van der Waals surface area contributed by atoms with Crippen LogP contribution in [0.2, 0.25) is 0 Å². The van der Waals surface area contributed by atoms with Crippen LogP contribution in [0.5, 0.6) is 0 Å². The van der Waals surface area contributed by atoms with Gasteiger partial charge in [0.05, 0.1) is 12.7 Å². The molecular weight excluding hydrogens is 276 g/mol. The highest BCUT2D eigenvalue weighted by atomic mass is 16.5. The van der Waals surface area contributed by atoms with Crippen molar-refractivity contribution in [2.24, 2.45) is 0 Å². The first kappa shape index (κ1) is 16.0. The molecule has 0 fully saturated rings. The summed E-state index contributed by atoms with van der Waals surface area (Å²) in [4.78, 5) is 16.2. The Bertz CT molecular complexity index is 688. The molecule has 2 aromatic rings. The smallest absolute Gasteiger partial charge is 0.337 e. The van der Waals surface area contributed by atoms with E-state index in [0.29, 0.717) is 5.56 Å². The van der Waals surface area contributed by atoms with Crippen LogP contribution in [-0.2, 0) is 10.2 Å². The fourth-order valence-electron chi connectivity index (χ4n) is 2.18. The molecule has 4 heteroatoms. The molecule has 1 aromatic heterocycles. The Balaban J connectivity index is 2.54. The third kappa shape index (κ3) is 3.45. The molecule has 0 bridgehead atoms. The quantitative estimate of drug-likeness (QED) is 0.874. The maximum Gasteiger partial charge on any atom is 0.337 e. The van der Waals surface area contributed by atoms with Gasteiger partial charge < -0.3 is 10.1 Å². The number of aromatic nitrogens is 1. The van der Waals surface area contributed by atoms with E-state index in [0.717, 1.165) is 22.4 Å². The van der Waals surface area contributed by atoms with Gasteiger partial charge in [0.1, 0.15) is 0 Å². The first-order chi connectivity index (χ1) is 10.3. The number of hydrogen-bond donors (Lipinski definition) is 1. The van der Waals surface area contributed by atoms with Gasteiger partial charge in [0.2, 0.25) is 0 Å². The molecule has 0 aliphatic carbocycles. The first-order valence-electron chi connectivity index (χ1n) is 7.22. The summed E-state index contributed by atoms with van der Waals surface area (Å²) in [7, 11) is 3.21. The van der Waals surface area contributed by atoms with E-state index in [1.807, 2.05) is 31.6 Å². The largest absolute Gasteiger partial charge is 0.465 e. The summed E-state index contributed by atoms with van der Waals surface area (Å²) in [5.41, 5.74) is 4.47. The van der Waals surface area contributed by atoms with Crippen LogP contribution in [-0.4, -0.2) is 25.1 Å². The number of benzene rings is 1. The van der Waals surface area contributed by atoms with Crippen molar-refractivity contribution in [1.29, 1.82) is 0 Å². The Morgan fingerprint density at radius 3 is 2.41 bits per heavy atom. The van der Waals surface area contributed by atoms with Gasteiger partial charge in [-0.15, -0.1) is 0 Å².